The first-order valence-electron chi connectivity index (χ1n) is 5.50. The van der Waals surface area contributed by atoms with Gasteiger partial charge in [0, 0.05) is 11.3 Å². The highest BCUT2D eigenvalue weighted by Gasteiger charge is 2.30. The number of fused-ring (bicyclic) bond motifs is 1. The molecule has 1 heterocycles. The molecule has 1 amide bonds. The van der Waals surface area contributed by atoms with Crippen LogP contribution >= 0.6 is 0 Å². The van der Waals surface area contributed by atoms with Gasteiger partial charge in [-0.25, -0.2) is 0 Å². The van der Waals surface area contributed by atoms with E-state index in [0.29, 0.717) is 0 Å². The highest BCUT2D eigenvalue weighted by Crippen LogP contribution is 2.31. The fraction of sp³-hybridized carbons (Fsp3) is 0.333. The number of carbonyl (C=O) groups excluding carboxylic acids is 1. The summed E-state index contributed by atoms with van der Waals surface area (Å²) in [4.78, 5) is 22.2. The molecule has 0 aromatic heterocycles. The summed E-state index contributed by atoms with van der Waals surface area (Å²) in [5, 5.41) is 14.1. The Labute approximate surface area is 98.8 Å². The first kappa shape index (κ1) is 11.6. The molecular weight excluding hydrogens is 220 g/mol. The molecule has 1 atom stereocenters. The zero-order valence-electron chi connectivity index (χ0n) is 9.49. The van der Waals surface area contributed by atoms with Crippen molar-refractivity contribution in [1.29, 1.82) is 0 Å². The van der Waals surface area contributed by atoms with Gasteiger partial charge in [-0.05, 0) is 18.1 Å². The van der Waals surface area contributed by atoms with Crippen LogP contribution in [0.4, 0.5) is 5.69 Å². The van der Waals surface area contributed by atoms with Gasteiger partial charge < -0.3 is 10.4 Å². The maximum Gasteiger partial charge on any atom is 0.317 e. The number of carboxylic acid groups (broad SMARTS) is 1. The van der Waals surface area contributed by atoms with E-state index in [1.807, 2.05) is 25.1 Å². The molecule has 0 saturated carbocycles. The van der Waals surface area contributed by atoms with E-state index in [4.69, 9.17) is 5.11 Å². The van der Waals surface area contributed by atoms with Gasteiger partial charge in [-0.1, -0.05) is 19.1 Å². The highest BCUT2D eigenvalue weighted by molar-refractivity contribution is 6.02. The second-order valence-electron chi connectivity index (χ2n) is 3.97. The third-order valence-corrected chi connectivity index (χ3v) is 2.81. The topological polar surface area (TPSA) is 78.4 Å². The van der Waals surface area contributed by atoms with Crippen LogP contribution in [-0.2, 0) is 16.0 Å². The van der Waals surface area contributed by atoms with Crippen LogP contribution in [-0.4, -0.2) is 23.5 Å². The number of aryl methyl sites for hydroxylation is 1. The van der Waals surface area contributed by atoms with E-state index in [-0.39, 0.29) is 12.5 Å². The monoisotopic (exact) mass is 234 g/mol. The number of hydrogen-bond acceptors (Lipinski definition) is 3. The molecule has 5 heteroatoms. The molecule has 1 aliphatic heterocycles. The summed E-state index contributed by atoms with van der Waals surface area (Å²) in [5.41, 5.74) is 2.72. The van der Waals surface area contributed by atoms with Crippen molar-refractivity contribution in [2.24, 2.45) is 0 Å². The zero-order valence-corrected chi connectivity index (χ0v) is 9.49. The molecule has 0 fully saturated rings. The molecule has 1 unspecified atom stereocenters. The molecule has 0 spiro atoms. The van der Waals surface area contributed by atoms with Crippen molar-refractivity contribution in [3.8, 4) is 0 Å². The van der Waals surface area contributed by atoms with Gasteiger partial charge in [0.1, 0.15) is 6.04 Å². The molecule has 1 aliphatic rings. The lowest BCUT2D eigenvalue weighted by molar-refractivity contribution is -0.136. The predicted molar refractivity (Wildman–Crippen MR) is 62.8 cm³/mol. The van der Waals surface area contributed by atoms with Gasteiger partial charge in [0.25, 0.3) is 0 Å². The third-order valence-electron chi connectivity index (χ3n) is 2.81. The largest absolute Gasteiger partial charge is 0.480 e. The number of rotatable bonds is 4. The van der Waals surface area contributed by atoms with Crippen molar-refractivity contribution in [1.82, 2.24) is 5.32 Å². The lowest BCUT2D eigenvalue weighted by Gasteiger charge is -2.10. The molecule has 3 N–H and O–H groups in total. The van der Waals surface area contributed by atoms with Crippen LogP contribution in [0.3, 0.4) is 0 Å². The van der Waals surface area contributed by atoms with Gasteiger partial charge in [-0.2, -0.15) is 0 Å². The molecule has 0 saturated heterocycles. The Bertz CT molecular complexity index is 471. The van der Waals surface area contributed by atoms with Crippen molar-refractivity contribution >= 4 is 17.6 Å². The average molecular weight is 234 g/mol. The minimum absolute atomic E-state index is 0.200. The molecule has 1 aromatic rings. The Hall–Kier alpha value is -1.88. The standard InChI is InChI=1S/C12H14N2O3/c1-2-7-3-4-9-8(5-7)11(12(17)14-9)13-6-10(15)16/h3-5,11,13H,2,6H2,1H3,(H,14,17)(H,15,16). The molecule has 17 heavy (non-hydrogen) atoms. The second kappa shape index (κ2) is 4.55. The second-order valence-corrected chi connectivity index (χ2v) is 3.97. The molecule has 90 valence electrons. The van der Waals surface area contributed by atoms with Crippen LogP contribution in [0.15, 0.2) is 18.2 Å². The summed E-state index contributed by atoms with van der Waals surface area (Å²) in [6.07, 6.45) is 0.882. The normalized spacial score (nSPS) is 17.7. The van der Waals surface area contributed by atoms with Crippen LogP contribution in [0, 0.1) is 0 Å². The first-order valence-corrected chi connectivity index (χ1v) is 5.50. The van der Waals surface area contributed by atoms with E-state index in [0.717, 1.165) is 23.2 Å². The molecule has 0 aliphatic carbocycles. The van der Waals surface area contributed by atoms with Crippen LogP contribution in [0.5, 0.6) is 0 Å². The summed E-state index contributed by atoms with van der Waals surface area (Å²) in [6, 6.07) is 5.19. The summed E-state index contributed by atoms with van der Waals surface area (Å²) in [7, 11) is 0. The number of carboxylic acids is 1. The van der Waals surface area contributed by atoms with Gasteiger partial charge in [0.15, 0.2) is 0 Å². The fourth-order valence-corrected chi connectivity index (χ4v) is 1.92. The third kappa shape index (κ3) is 2.29. The number of benzene rings is 1. The SMILES string of the molecule is CCc1ccc2c(c1)C(NCC(=O)O)C(=O)N2. The van der Waals surface area contributed by atoms with E-state index in [2.05, 4.69) is 10.6 Å². The van der Waals surface area contributed by atoms with Gasteiger partial charge in [0.2, 0.25) is 5.91 Å². The number of amides is 1. The summed E-state index contributed by atoms with van der Waals surface area (Å²) < 4.78 is 0. The van der Waals surface area contributed by atoms with Crippen LogP contribution in [0.25, 0.3) is 0 Å². The van der Waals surface area contributed by atoms with Crippen molar-refractivity contribution in [3.63, 3.8) is 0 Å². The Morgan fingerprint density at radius 1 is 1.53 bits per heavy atom. The van der Waals surface area contributed by atoms with Crippen molar-refractivity contribution in [2.45, 2.75) is 19.4 Å². The number of nitrogens with one attached hydrogen (secondary N) is 2. The minimum atomic E-state index is -0.974. The number of carbonyl (C=O) groups is 2. The van der Waals surface area contributed by atoms with Gasteiger partial charge in [-0.15, -0.1) is 0 Å². The minimum Gasteiger partial charge on any atom is -0.480 e. The van der Waals surface area contributed by atoms with Crippen molar-refractivity contribution < 1.29 is 14.7 Å². The first-order chi connectivity index (χ1) is 8.11. The smallest absolute Gasteiger partial charge is 0.317 e. The van der Waals surface area contributed by atoms with Gasteiger partial charge >= 0.3 is 5.97 Å². The lowest BCUT2D eigenvalue weighted by atomic mass is 10.0. The molecule has 0 radical (unpaired) electrons. The molecule has 5 nitrogen and oxygen atoms in total. The van der Waals surface area contributed by atoms with Crippen LogP contribution < -0.4 is 10.6 Å². The Kier molecular flexibility index (Phi) is 3.10. The van der Waals surface area contributed by atoms with E-state index >= 15 is 0 Å². The van der Waals surface area contributed by atoms with Gasteiger partial charge in [-0.3, -0.25) is 14.9 Å². The number of anilines is 1. The zero-order chi connectivity index (χ0) is 12.4. The predicted octanol–water partition coefficient (Wildman–Crippen LogP) is 0.916. The fourth-order valence-electron chi connectivity index (χ4n) is 1.92. The maximum atomic E-state index is 11.7. The van der Waals surface area contributed by atoms with Crippen LogP contribution in [0.2, 0.25) is 0 Å². The Morgan fingerprint density at radius 3 is 2.94 bits per heavy atom. The number of aliphatic carboxylic acids is 1. The van der Waals surface area contributed by atoms with E-state index in [1.54, 1.807) is 0 Å². The summed E-state index contributed by atoms with van der Waals surface area (Å²) >= 11 is 0. The van der Waals surface area contributed by atoms with Crippen molar-refractivity contribution in [3.05, 3.63) is 29.3 Å². The molecule has 2 rings (SSSR count). The quantitative estimate of drug-likeness (QED) is 0.723. The van der Waals surface area contributed by atoms with Crippen molar-refractivity contribution in [2.75, 3.05) is 11.9 Å². The van der Waals surface area contributed by atoms with E-state index < -0.39 is 12.0 Å². The van der Waals surface area contributed by atoms with E-state index in [1.165, 1.54) is 0 Å². The Balaban J connectivity index is 2.25. The maximum absolute atomic E-state index is 11.7. The molecule has 1 aromatic carbocycles. The number of hydrogen-bond donors (Lipinski definition) is 3. The van der Waals surface area contributed by atoms with Crippen LogP contribution in [0.1, 0.15) is 24.1 Å². The lowest BCUT2D eigenvalue weighted by Crippen LogP contribution is -2.31. The highest BCUT2D eigenvalue weighted by atomic mass is 16.4. The molecule has 0 bridgehead atoms. The van der Waals surface area contributed by atoms with E-state index in [9.17, 15) is 9.59 Å². The van der Waals surface area contributed by atoms with Gasteiger partial charge in [0.05, 0.1) is 6.54 Å². The summed E-state index contributed by atoms with van der Waals surface area (Å²) in [6.45, 7) is 1.81. The summed E-state index contributed by atoms with van der Waals surface area (Å²) in [5.74, 6) is -1.17. The molecular formula is C12H14N2O3. The average Bonchev–Trinajstić information content (AvgIpc) is 2.61. The Morgan fingerprint density at radius 2 is 2.29 bits per heavy atom.